The Kier molecular flexibility index (Phi) is 5.27. The highest BCUT2D eigenvalue weighted by Gasteiger charge is 2.27. The van der Waals surface area contributed by atoms with E-state index in [2.05, 4.69) is 26.0 Å². The third kappa shape index (κ3) is 3.58. The van der Waals surface area contributed by atoms with Crippen molar-refractivity contribution in [1.29, 1.82) is 0 Å². The van der Waals surface area contributed by atoms with E-state index in [4.69, 9.17) is 25.2 Å². The van der Waals surface area contributed by atoms with Crippen LogP contribution in [0.4, 0.5) is 5.82 Å². The lowest BCUT2D eigenvalue weighted by Crippen LogP contribution is -2.18. The van der Waals surface area contributed by atoms with Gasteiger partial charge in [0.05, 0.1) is 17.1 Å². The van der Waals surface area contributed by atoms with Gasteiger partial charge in [-0.25, -0.2) is 14.8 Å². The summed E-state index contributed by atoms with van der Waals surface area (Å²) in [5.41, 5.74) is 11.2. The number of benzene rings is 2. The van der Waals surface area contributed by atoms with E-state index in [-0.39, 0.29) is 24.1 Å². The Morgan fingerprint density at radius 2 is 1.88 bits per heavy atom. The van der Waals surface area contributed by atoms with E-state index in [0.717, 1.165) is 24.0 Å². The Labute approximate surface area is 186 Å². The molecule has 0 unspecified atom stereocenters. The molecule has 0 saturated carbocycles. The topological polar surface area (TPSA) is 92.3 Å². The molecule has 7 heteroatoms. The maximum atomic E-state index is 13.1. The van der Waals surface area contributed by atoms with Crippen LogP contribution in [0, 0.1) is 0 Å². The summed E-state index contributed by atoms with van der Waals surface area (Å²) in [5, 5.41) is 0. The van der Waals surface area contributed by atoms with Gasteiger partial charge >= 0.3 is 5.97 Å². The number of ether oxygens (including phenoxy) is 2. The average Bonchev–Trinajstić information content (AvgIpc) is 3.41. The second-order valence-corrected chi connectivity index (χ2v) is 8.46. The molecule has 0 spiro atoms. The lowest BCUT2D eigenvalue weighted by Gasteiger charge is -2.11. The molecule has 1 saturated heterocycles. The molecule has 5 rings (SSSR count). The van der Waals surface area contributed by atoms with Crippen molar-refractivity contribution in [2.24, 2.45) is 0 Å². The maximum Gasteiger partial charge on any atom is 0.344 e. The van der Waals surface area contributed by atoms with Gasteiger partial charge in [0.1, 0.15) is 23.5 Å². The fraction of sp³-hybridized carbons (Fsp3) is 0.320. The van der Waals surface area contributed by atoms with Crippen LogP contribution in [0.3, 0.4) is 0 Å². The molecular formula is C25H26N4O3. The summed E-state index contributed by atoms with van der Waals surface area (Å²) in [6.07, 6.45) is 1.80. The molecule has 3 heterocycles. The SMILES string of the molecule is CC(C)c1ccc(-n2c(N)c(C(=O)OC[C@H]3CCCO3)c3nc4ccccc4nc32)cc1. The quantitative estimate of drug-likeness (QED) is 0.465. The molecule has 7 nitrogen and oxygen atoms in total. The normalized spacial score (nSPS) is 16.3. The van der Waals surface area contributed by atoms with E-state index < -0.39 is 5.97 Å². The molecule has 0 radical (unpaired) electrons. The molecule has 0 aliphatic carbocycles. The van der Waals surface area contributed by atoms with Crippen molar-refractivity contribution in [2.75, 3.05) is 18.9 Å². The summed E-state index contributed by atoms with van der Waals surface area (Å²) in [5.74, 6) is 0.171. The molecule has 1 atom stereocenters. The number of nitrogens with zero attached hydrogens (tertiary/aromatic N) is 3. The fourth-order valence-electron chi connectivity index (χ4n) is 4.15. The van der Waals surface area contributed by atoms with Crippen molar-refractivity contribution in [3.8, 4) is 5.69 Å². The highest BCUT2D eigenvalue weighted by atomic mass is 16.6. The van der Waals surface area contributed by atoms with Gasteiger partial charge in [0.2, 0.25) is 0 Å². The number of esters is 1. The first kappa shape index (κ1) is 20.5. The Morgan fingerprint density at radius 1 is 1.16 bits per heavy atom. The minimum atomic E-state index is -0.509. The minimum absolute atomic E-state index is 0.0657. The molecule has 2 aromatic carbocycles. The van der Waals surface area contributed by atoms with Gasteiger partial charge in [-0.1, -0.05) is 38.1 Å². The van der Waals surface area contributed by atoms with Gasteiger partial charge in [-0.05, 0) is 48.6 Å². The summed E-state index contributed by atoms with van der Waals surface area (Å²) >= 11 is 0. The van der Waals surface area contributed by atoms with E-state index >= 15 is 0 Å². The van der Waals surface area contributed by atoms with Gasteiger partial charge in [0.25, 0.3) is 0 Å². The van der Waals surface area contributed by atoms with Crippen molar-refractivity contribution in [1.82, 2.24) is 14.5 Å². The molecule has 32 heavy (non-hydrogen) atoms. The van der Waals surface area contributed by atoms with Crippen LogP contribution in [-0.2, 0) is 9.47 Å². The van der Waals surface area contributed by atoms with Crippen molar-refractivity contribution in [3.63, 3.8) is 0 Å². The summed E-state index contributed by atoms with van der Waals surface area (Å²) in [6.45, 7) is 5.20. The summed E-state index contributed by atoms with van der Waals surface area (Å²) < 4.78 is 12.9. The first-order chi connectivity index (χ1) is 15.5. The number of carbonyl (C=O) groups is 1. The zero-order valence-electron chi connectivity index (χ0n) is 18.2. The van der Waals surface area contributed by atoms with Crippen LogP contribution in [0.5, 0.6) is 0 Å². The van der Waals surface area contributed by atoms with Crippen LogP contribution in [0.15, 0.2) is 48.5 Å². The maximum absolute atomic E-state index is 13.1. The number of hydrogen-bond donors (Lipinski definition) is 1. The van der Waals surface area contributed by atoms with Crippen LogP contribution in [0.25, 0.3) is 27.9 Å². The minimum Gasteiger partial charge on any atom is -0.459 e. The fourth-order valence-corrected chi connectivity index (χ4v) is 4.15. The lowest BCUT2D eigenvalue weighted by atomic mass is 10.0. The standard InChI is InChI=1S/C25H26N4O3/c1-15(2)16-9-11-17(12-10-16)29-23(26)21(25(30)32-14-18-6-5-13-31-18)22-24(29)28-20-8-4-3-7-19(20)27-22/h3-4,7-12,15,18H,5-6,13-14,26H2,1-2H3/t18-/m1/s1. The Hall–Kier alpha value is -3.45. The summed E-state index contributed by atoms with van der Waals surface area (Å²) in [6, 6.07) is 15.7. The number of carbonyl (C=O) groups excluding carboxylic acids is 1. The van der Waals surface area contributed by atoms with Gasteiger partial charge < -0.3 is 15.2 Å². The van der Waals surface area contributed by atoms with E-state index in [9.17, 15) is 4.79 Å². The number of rotatable bonds is 5. The molecule has 0 amide bonds. The van der Waals surface area contributed by atoms with Crippen LogP contribution >= 0.6 is 0 Å². The summed E-state index contributed by atoms with van der Waals surface area (Å²) in [7, 11) is 0. The zero-order valence-corrected chi connectivity index (χ0v) is 18.2. The van der Waals surface area contributed by atoms with Crippen molar-refractivity contribution < 1.29 is 14.3 Å². The molecule has 0 bridgehead atoms. The van der Waals surface area contributed by atoms with E-state index in [1.807, 2.05) is 36.4 Å². The third-order valence-corrected chi connectivity index (χ3v) is 5.94. The molecular weight excluding hydrogens is 404 g/mol. The Morgan fingerprint density at radius 3 is 2.53 bits per heavy atom. The molecule has 2 N–H and O–H groups in total. The Bertz CT molecular complexity index is 1290. The smallest absolute Gasteiger partial charge is 0.344 e. The van der Waals surface area contributed by atoms with Gasteiger partial charge in [-0.3, -0.25) is 4.57 Å². The molecule has 1 aliphatic heterocycles. The van der Waals surface area contributed by atoms with Crippen LogP contribution in [0.1, 0.15) is 48.5 Å². The third-order valence-electron chi connectivity index (χ3n) is 5.94. The van der Waals surface area contributed by atoms with E-state index in [1.54, 1.807) is 4.57 Å². The predicted octanol–water partition coefficient (Wildman–Crippen LogP) is 4.62. The molecule has 1 fully saturated rings. The van der Waals surface area contributed by atoms with Gasteiger partial charge in [0.15, 0.2) is 5.65 Å². The zero-order chi connectivity index (χ0) is 22.2. The van der Waals surface area contributed by atoms with Crippen molar-refractivity contribution in [3.05, 3.63) is 59.7 Å². The average molecular weight is 431 g/mol. The first-order valence-corrected chi connectivity index (χ1v) is 11.0. The van der Waals surface area contributed by atoms with Crippen LogP contribution in [0.2, 0.25) is 0 Å². The second-order valence-electron chi connectivity index (χ2n) is 8.46. The van der Waals surface area contributed by atoms with E-state index in [1.165, 1.54) is 5.56 Å². The second kappa shape index (κ2) is 8.24. The monoisotopic (exact) mass is 430 g/mol. The van der Waals surface area contributed by atoms with Crippen molar-refractivity contribution in [2.45, 2.75) is 38.7 Å². The summed E-state index contributed by atoms with van der Waals surface area (Å²) in [4.78, 5) is 22.7. The Balaban J connectivity index is 1.64. The molecule has 2 aromatic heterocycles. The number of nitrogens with two attached hydrogens (primary N) is 1. The number of hydrogen-bond acceptors (Lipinski definition) is 6. The largest absolute Gasteiger partial charge is 0.459 e. The van der Waals surface area contributed by atoms with Crippen molar-refractivity contribution >= 4 is 34.0 Å². The molecule has 164 valence electrons. The van der Waals surface area contributed by atoms with Crippen LogP contribution in [-0.4, -0.2) is 39.8 Å². The number of anilines is 1. The lowest BCUT2D eigenvalue weighted by molar-refractivity contribution is 0.0163. The first-order valence-electron chi connectivity index (χ1n) is 11.0. The predicted molar refractivity (Wildman–Crippen MR) is 124 cm³/mol. The van der Waals surface area contributed by atoms with Gasteiger partial charge in [-0.15, -0.1) is 0 Å². The molecule has 1 aliphatic rings. The number of para-hydroxylation sites is 2. The van der Waals surface area contributed by atoms with Crippen LogP contribution < -0.4 is 5.73 Å². The van der Waals surface area contributed by atoms with Gasteiger partial charge in [-0.2, -0.15) is 0 Å². The van der Waals surface area contributed by atoms with Gasteiger partial charge in [0, 0.05) is 12.3 Å². The molecule has 4 aromatic rings. The number of nitrogen functional groups attached to an aromatic ring is 1. The highest BCUT2D eigenvalue weighted by Crippen LogP contribution is 2.32. The number of fused-ring (bicyclic) bond motifs is 2. The number of aromatic nitrogens is 3. The van der Waals surface area contributed by atoms with E-state index in [0.29, 0.717) is 29.2 Å². The highest BCUT2D eigenvalue weighted by molar-refractivity contribution is 6.09.